The second-order valence-electron chi connectivity index (χ2n) is 8.38. The summed E-state index contributed by atoms with van der Waals surface area (Å²) in [5.74, 6) is 0.574. The Kier molecular flexibility index (Phi) is 3.99. The van der Waals surface area contributed by atoms with E-state index < -0.39 is 11.2 Å². The van der Waals surface area contributed by atoms with Gasteiger partial charge in [-0.3, -0.25) is 0 Å². The average Bonchev–Trinajstić information content (AvgIpc) is 3.02. The number of thiazole rings is 1. The van der Waals surface area contributed by atoms with Crippen LogP contribution in [0.15, 0.2) is 24.4 Å². The van der Waals surface area contributed by atoms with Crippen LogP contribution in [0.2, 0.25) is 0 Å². The first-order valence-corrected chi connectivity index (χ1v) is 10.2. The standard InChI is InChI=1S/C21H27NO3S/c1-4-20-12-19(3,24)21(25,18-22-11-13(2)26-18)10-15(20)6-5-14-9-16(23)7-8-17(14)20/h7-9,11,15,23-25H,4-6,10,12H2,1-3H3. The van der Waals surface area contributed by atoms with Crippen molar-refractivity contribution in [2.24, 2.45) is 5.92 Å². The molecule has 4 rings (SSSR count). The Morgan fingerprint density at radius 1 is 1.31 bits per heavy atom. The fourth-order valence-electron chi connectivity index (χ4n) is 5.44. The van der Waals surface area contributed by atoms with Crippen LogP contribution in [0.4, 0.5) is 0 Å². The van der Waals surface area contributed by atoms with Crippen molar-refractivity contribution in [2.75, 3.05) is 0 Å². The molecule has 1 aromatic heterocycles. The van der Waals surface area contributed by atoms with E-state index in [0.29, 0.717) is 23.6 Å². The number of aliphatic hydroxyl groups is 2. The molecule has 2 aliphatic rings. The highest BCUT2D eigenvalue weighted by atomic mass is 32.1. The van der Waals surface area contributed by atoms with E-state index in [1.54, 1.807) is 19.2 Å². The molecule has 0 bridgehead atoms. The van der Waals surface area contributed by atoms with Gasteiger partial charge < -0.3 is 15.3 Å². The Morgan fingerprint density at radius 2 is 2.08 bits per heavy atom. The molecule has 3 N–H and O–H groups in total. The summed E-state index contributed by atoms with van der Waals surface area (Å²) in [6.45, 7) is 5.90. The lowest BCUT2D eigenvalue weighted by Gasteiger charge is -2.58. The lowest BCUT2D eigenvalue weighted by Crippen LogP contribution is -2.62. The summed E-state index contributed by atoms with van der Waals surface area (Å²) in [7, 11) is 0. The quantitative estimate of drug-likeness (QED) is 0.749. The van der Waals surface area contributed by atoms with Crippen LogP contribution in [0.5, 0.6) is 5.75 Å². The molecule has 0 aliphatic heterocycles. The number of aromatic hydroxyl groups is 1. The SMILES string of the molecule is CCC12CC(C)(O)C(O)(c3ncc(C)s3)CC1CCc1cc(O)ccc12. The number of fused-ring (bicyclic) bond motifs is 3. The van der Waals surface area contributed by atoms with Crippen LogP contribution in [0.3, 0.4) is 0 Å². The van der Waals surface area contributed by atoms with Crippen molar-refractivity contribution in [3.8, 4) is 5.75 Å². The Morgan fingerprint density at radius 3 is 2.73 bits per heavy atom. The maximum absolute atomic E-state index is 11.6. The Bertz CT molecular complexity index is 846. The molecule has 0 amide bonds. The molecule has 26 heavy (non-hydrogen) atoms. The molecule has 2 aliphatic carbocycles. The van der Waals surface area contributed by atoms with Gasteiger partial charge in [-0.15, -0.1) is 11.3 Å². The Hall–Kier alpha value is -1.43. The minimum Gasteiger partial charge on any atom is -0.508 e. The fraction of sp³-hybridized carbons (Fsp3) is 0.571. The van der Waals surface area contributed by atoms with Gasteiger partial charge in [-0.05, 0) is 75.1 Å². The molecular formula is C21H27NO3S. The van der Waals surface area contributed by atoms with E-state index >= 15 is 0 Å². The van der Waals surface area contributed by atoms with E-state index in [1.165, 1.54) is 22.5 Å². The first-order chi connectivity index (χ1) is 12.2. The van der Waals surface area contributed by atoms with E-state index in [-0.39, 0.29) is 11.3 Å². The highest BCUT2D eigenvalue weighted by molar-refractivity contribution is 7.11. The van der Waals surface area contributed by atoms with Crippen LogP contribution in [0.25, 0.3) is 0 Å². The summed E-state index contributed by atoms with van der Waals surface area (Å²) < 4.78 is 0. The molecule has 1 heterocycles. The number of phenols is 1. The third-order valence-corrected chi connectivity index (χ3v) is 7.93. The van der Waals surface area contributed by atoms with E-state index in [4.69, 9.17) is 0 Å². The van der Waals surface area contributed by atoms with Gasteiger partial charge in [0.15, 0.2) is 0 Å². The first-order valence-electron chi connectivity index (χ1n) is 9.42. The number of rotatable bonds is 2. The number of hydrogen-bond donors (Lipinski definition) is 3. The van der Waals surface area contributed by atoms with Crippen LogP contribution in [-0.4, -0.2) is 25.9 Å². The van der Waals surface area contributed by atoms with Crippen molar-refractivity contribution in [3.05, 3.63) is 45.4 Å². The minimum atomic E-state index is -1.32. The van der Waals surface area contributed by atoms with Crippen molar-refractivity contribution in [2.45, 2.75) is 69.5 Å². The van der Waals surface area contributed by atoms with Gasteiger partial charge in [0, 0.05) is 16.5 Å². The van der Waals surface area contributed by atoms with Gasteiger partial charge in [-0.25, -0.2) is 4.98 Å². The zero-order valence-corrected chi connectivity index (χ0v) is 16.4. The van der Waals surface area contributed by atoms with Crippen molar-refractivity contribution in [1.29, 1.82) is 0 Å². The summed E-state index contributed by atoms with van der Waals surface area (Å²) in [5, 5.41) is 33.5. The van der Waals surface area contributed by atoms with Crippen LogP contribution in [0.1, 0.15) is 60.5 Å². The number of benzene rings is 1. The zero-order chi connectivity index (χ0) is 18.7. The lowest BCUT2D eigenvalue weighted by molar-refractivity contribution is -0.205. The molecule has 1 fully saturated rings. The van der Waals surface area contributed by atoms with Crippen LogP contribution >= 0.6 is 11.3 Å². The highest BCUT2D eigenvalue weighted by Gasteiger charge is 2.61. The third-order valence-electron chi connectivity index (χ3n) is 6.87. The van der Waals surface area contributed by atoms with E-state index in [0.717, 1.165) is 24.1 Å². The molecule has 0 saturated heterocycles. The summed E-state index contributed by atoms with van der Waals surface area (Å²) >= 11 is 1.47. The smallest absolute Gasteiger partial charge is 0.144 e. The summed E-state index contributed by atoms with van der Waals surface area (Å²) in [4.78, 5) is 5.47. The Balaban J connectivity index is 1.83. The summed E-state index contributed by atoms with van der Waals surface area (Å²) in [6.07, 6.45) is 5.53. The third kappa shape index (κ3) is 2.37. The molecule has 1 saturated carbocycles. The number of hydrogen-bond acceptors (Lipinski definition) is 5. The van der Waals surface area contributed by atoms with Gasteiger partial charge in [-0.1, -0.05) is 13.0 Å². The maximum Gasteiger partial charge on any atom is 0.144 e. The summed E-state index contributed by atoms with van der Waals surface area (Å²) in [5.41, 5.74) is -0.357. The van der Waals surface area contributed by atoms with Crippen molar-refractivity contribution < 1.29 is 15.3 Å². The number of nitrogens with zero attached hydrogens (tertiary/aromatic N) is 1. The highest BCUT2D eigenvalue weighted by Crippen LogP contribution is 2.60. The largest absolute Gasteiger partial charge is 0.508 e. The lowest BCUT2D eigenvalue weighted by atomic mass is 9.49. The average molecular weight is 374 g/mol. The molecule has 4 nitrogen and oxygen atoms in total. The van der Waals surface area contributed by atoms with Crippen molar-refractivity contribution >= 4 is 11.3 Å². The van der Waals surface area contributed by atoms with E-state index in [2.05, 4.69) is 11.9 Å². The monoisotopic (exact) mass is 373 g/mol. The van der Waals surface area contributed by atoms with Gasteiger partial charge in [0.25, 0.3) is 0 Å². The van der Waals surface area contributed by atoms with Crippen molar-refractivity contribution in [1.82, 2.24) is 4.98 Å². The number of phenolic OH excluding ortho intramolecular Hbond substituents is 1. The second-order valence-corrected chi connectivity index (χ2v) is 9.61. The normalized spacial score (nSPS) is 36.4. The van der Waals surface area contributed by atoms with Crippen LogP contribution in [-0.2, 0) is 17.4 Å². The van der Waals surface area contributed by atoms with E-state index in [9.17, 15) is 15.3 Å². The Labute approximate surface area is 158 Å². The number of aromatic nitrogens is 1. The molecule has 0 spiro atoms. The molecule has 0 radical (unpaired) electrons. The van der Waals surface area contributed by atoms with Gasteiger partial charge in [0.1, 0.15) is 16.4 Å². The summed E-state index contributed by atoms with van der Waals surface area (Å²) in [6, 6.07) is 5.63. The van der Waals surface area contributed by atoms with Crippen molar-refractivity contribution in [3.63, 3.8) is 0 Å². The second kappa shape index (κ2) is 5.78. The molecule has 140 valence electrons. The van der Waals surface area contributed by atoms with E-state index in [1.807, 2.05) is 19.1 Å². The van der Waals surface area contributed by atoms with Gasteiger partial charge in [0.2, 0.25) is 0 Å². The first kappa shape index (κ1) is 18.0. The number of aryl methyl sites for hydroxylation is 2. The van der Waals surface area contributed by atoms with Crippen LogP contribution < -0.4 is 0 Å². The van der Waals surface area contributed by atoms with Gasteiger partial charge in [-0.2, -0.15) is 0 Å². The molecule has 4 unspecified atom stereocenters. The minimum absolute atomic E-state index is 0.177. The van der Waals surface area contributed by atoms with Crippen LogP contribution in [0, 0.1) is 12.8 Å². The zero-order valence-electron chi connectivity index (χ0n) is 15.6. The predicted octanol–water partition coefficient (Wildman–Crippen LogP) is 3.80. The molecule has 2 aromatic rings. The molecular weight excluding hydrogens is 346 g/mol. The fourth-order valence-corrected chi connectivity index (χ4v) is 6.43. The molecule has 4 atom stereocenters. The van der Waals surface area contributed by atoms with Gasteiger partial charge >= 0.3 is 0 Å². The predicted molar refractivity (Wildman–Crippen MR) is 102 cm³/mol. The van der Waals surface area contributed by atoms with Gasteiger partial charge in [0.05, 0.1) is 5.60 Å². The topological polar surface area (TPSA) is 73.6 Å². The maximum atomic E-state index is 11.6. The molecule has 1 aromatic carbocycles. The molecule has 5 heteroatoms.